The quantitative estimate of drug-likeness (QED) is 0.738. The van der Waals surface area contributed by atoms with Crippen LogP contribution in [0.3, 0.4) is 0 Å². The van der Waals surface area contributed by atoms with Crippen LogP contribution in [0.25, 0.3) is 0 Å². The molecule has 2 heteroatoms. The first-order valence-corrected chi connectivity index (χ1v) is 6.11. The molecule has 0 amide bonds. The first-order chi connectivity index (χ1) is 6.77. The zero-order chi connectivity index (χ0) is 10.4. The first-order valence-electron chi connectivity index (χ1n) is 6.11. The number of rotatable bonds is 5. The third-order valence-electron chi connectivity index (χ3n) is 3.60. The normalized spacial score (nSPS) is 21.4. The predicted molar refractivity (Wildman–Crippen MR) is 60.2 cm³/mol. The van der Waals surface area contributed by atoms with E-state index in [0.29, 0.717) is 6.04 Å². The molecule has 0 spiro atoms. The van der Waals surface area contributed by atoms with Crippen molar-refractivity contribution in [2.75, 3.05) is 13.2 Å². The standard InChI is InChI=1S/C12H25NO/c1-3-11(4-2)12(13)9-10-5-7-14-8-6-10/h10-12H,3-9,13H2,1-2H3. The molecule has 1 heterocycles. The fraction of sp³-hybridized carbons (Fsp3) is 1.00. The highest BCUT2D eigenvalue weighted by molar-refractivity contribution is 4.76. The van der Waals surface area contributed by atoms with E-state index >= 15 is 0 Å². The molecule has 14 heavy (non-hydrogen) atoms. The number of nitrogens with two attached hydrogens (primary N) is 1. The molecule has 1 aliphatic heterocycles. The van der Waals surface area contributed by atoms with Gasteiger partial charge in [-0.05, 0) is 31.1 Å². The van der Waals surface area contributed by atoms with Gasteiger partial charge < -0.3 is 10.5 Å². The summed E-state index contributed by atoms with van der Waals surface area (Å²) in [7, 11) is 0. The molecular formula is C12H25NO. The highest BCUT2D eigenvalue weighted by atomic mass is 16.5. The molecule has 84 valence electrons. The van der Waals surface area contributed by atoms with Crippen LogP contribution in [0.15, 0.2) is 0 Å². The molecule has 1 rings (SSSR count). The lowest BCUT2D eigenvalue weighted by Crippen LogP contribution is -2.33. The highest BCUT2D eigenvalue weighted by Crippen LogP contribution is 2.24. The maximum Gasteiger partial charge on any atom is 0.0468 e. The number of ether oxygens (including phenoxy) is 1. The highest BCUT2D eigenvalue weighted by Gasteiger charge is 2.21. The van der Waals surface area contributed by atoms with Crippen molar-refractivity contribution in [2.24, 2.45) is 17.6 Å². The second-order valence-electron chi connectivity index (χ2n) is 4.53. The Hall–Kier alpha value is -0.0800. The summed E-state index contributed by atoms with van der Waals surface area (Å²) in [6.07, 6.45) is 6.08. The Balaban J connectivity index is 2.26. The van der Waals surface area contributed by atoms with E-state index in [1.54, 1.807) is 0 Å². The Kier molecular flexibility index (Phi) is 5.49. The number of hydrogen-bond donors (Lipinski definition) is 1. The molecule has 0 bridgehead atoms. The van der Waals surface area contributed by atoms with Crippen LogP contribution in [-0.4, -0.2) is 19.3 Å². The zero-order valence-electron chi connectivity index (χ0n) is 9.67. The van der Waals surface area contributed by atoms with Crippen LogP contribution in [0.2, 0.25) is 0 Å². The molecule has 1 saturated heterocycles. The molecule has 0 aromatic rings. The van der Waals surface area contributed by atoms with Gasteiger partial charge in [0.1, 0.15) is 0 Å². The maximum absolute atomic E-state index is 6.23. The van der Waals surface area contributed by atoms with Gasteiger partial charge in [0.05, 0.1) is 0 Å². The smallest absolute Gasteiger partial charge is 0.0468 e. The molecule has 2 N–H and O–H groups in total. The van der Waals surface area contributed by atoms with E-state index in [1.807, 2.05) is 0 Å². The van der Waals surface area contributed by atoms with Gasteiger partial charge in [0, 0.05) is 19.3 Å². The van der Waals surface area contributed by atoms with Gasteiger partial charge in [-0.25, -0.2) is 0 Å². The van der Waals surface area contributed by atoms with E-state index in [-0.39, 0.29) is 0 Å². The summed E-state index contributed by atoms with van der Waals surface area (Å²) in [5.41, 5.74) is 6.23. The monoisotopic (exact) mass is 199 g/mol. The van der Waals surface area contributed by atoms with Gasteiger partial charge in [-0.1, -0.05) is 26.7 Å². The lowest BCUT2D eigenvalue weighted by atomic mass is 9.85. The second kappa shape index (κ2) is 6.41. The van der Waals surface area contributed by atoms with Crippen molar-refractivity contribution in [2.45, 2.75) is 52.0 Å². The Morgan fingerprint density at radius 3 is 2.29 bits per heavy atom. The van der Waals surface area contributed by atoms with Crippen molar-refractivity contribution < 1.29 is 4.74 Å². The summed E-state index contributed by atoms with van der Waals surface area (Å²) in [5.74, 6) is 1.54. The van der Waals surface area contributed by atoms with Gasteiger partial charge in [0.2, 0.25) is 0 Å². The zero-order valence-corrected chi connectivity index (χ0v) is 9.67. The van der Waals surface area contributed by atoms with Crippen molar-refractivity contribution in [1.29, 1.82) is 0 Å². The van der Waals surface area contributed by atoms with Crippen LogP contribution < -0.4 is 5.73 Å². The Labute approximate surface area is 88.2 Å². The van der Waals surface area contributed by atoms with Crippen LogP contribution >= 0.6 is 0 Å². The summed E-state index contributed by atoms with van der Waals surface area (Å²) < 4.78 is 5.35. The van der Waals surface area contributed by atoms with Gasteiger partial charge >= 0.3 is 0 Å². The molecule has 0 aromatic heterocycles. The molecule has 1 fully saturated rings. The Bertz CT molecular complexity index is 139. The predicted octanol–water partition coefficient (Wildman–Crippen LogP) is 2.57. The van der Waals surface area contributed by atoms with Crippen molar-refractivity contribution in [3.8, 4) is 0 Å². The van der Waals surface area contributed by atoms with E-state index in [2.05, 4.69) is 13.8 Å². The van der Waals surface area contributed by atoms with Crippen molar-refractivity contribution in [3.05, 3.63) is 0 Å². The lowest BCUT2D eigenvalue weighted by Gasteiger charge is -2.28. The number of hydrogen-bond acceptors (Lipinski definition) is 2. The third-order valence-corrected chi connectivity index (χ3v) is 3.60. The van der Waals surface area contributed by atoms with E-state index < -0.39 is 0 Å². The molecular weight excluding hydrogens is 174 g/mol. The molecule has 0 saturated carbocycles. The van der Waals surface area contributed by atoms with Crippen LogP contribution in [0.5, 0.6) is 0 Å². The molecule has 1 unspecified atom stereocenters. The van der Waals surface area contributed by atoms with E-state index in [1.165, 1.54) is 32.1 Å². The summed E-state index contributed by atoms with van der Waals surface area (Å²) in [6, 6.07) is 0.410. The third kappa shape index (κ3) is 3.58. The minimum atomic E-state index is 0.410. The maximum atomic E-state index is 6.23. The molecule has 1 aliphatic rings. The Morgan fingerprint density at radius 1 is 1.21 bits per heavy atom. The molecule has 2 nitrogen and oxygen atoms in total. The van der Waals surface area contributed by atoms with Crippen LogP contribution in [0.4, 0.5) is 0 Å². The van der Waals surface area contributed by atoms with Crippen molar-refractivity contribution in [3.63, 3.8) is 0 Å². The fourth-order valence-corrected chi connectivity index (χ4v) is 2.45. The summed E-state index contributed by atoms with van der Waals surface area (Å²) >= 11 is 0. The minimum absolute atomic E-state index is 0.410. The van der Waals surface area contributed by atoms with Gasteiger partial charge in [-0.2, -0.15) is 0 Å². The molecule has 0 radical (unpaired) electrons. The van der Waals surface area contributed by atoms with Crippen LogP contribution in [0.1, 0.15) is 46.0 Å². The summed E-state index contributed by atoms with van der Waals surface area (Å²) in [6.45, 7) is 6.39. The summed E-state index contributed by atoms with van der Waals surface area (Å²) in [4.78, 5) is 0. The fourth-order valence-electron chi connectivity index (χ4n) is 2.45. The average Bonchev–Trinajstić information content (AvgIpc) is 2.21. The van der Waals surface area contributed by atoms with E-state index in [0.717, 1.165) is 25.0 Å². The van der Waals surface area contributed by atoms with Crippen LogP contribution in [0, 0.1) is 11.8 Å². The van der Waals surface area contributed by atoms with Gasteiger partial charge in [0.25, 0.3) is 0 Å². The van der Waals surface area contributed by atoms with Crippen molar-refractivity contribution >= 4 is 0 Å². The van der Waals surface area contributed by atoms with Gasteiger partial charge in [-0.3, -0.25) is 0 Å². The van der Waals surface area contributed by atoms with Crippen LogP contribution in [-0.2, 0) is 4.74 Å². The van der Waals surface area contributed by atoms with Crippen molar-refractivity contribution in [1.82, 2.24) is 0 Å². The molecule has 0 aliphatic carbocycles. The topological polar surface area (TPSA) is 35.2 Å². The Morgan fingerprint density at radius 2 is 1.79 bits per heavy atom. The van der Waals surface area contributed by atoms with E-state index in [4.69, 9.17) is 10.5 Å². The largest absolute Gasteiger partial charge is 0.381 e. The lowest BCUT2D eigenvalue weighted by molar-refractivity contribution is 0.0595. The van der Waals surface area contributed by atoms with Gasteiger partial charge in [0.15, 0.2) is 0 Å². The first kappa shape index (κ1) is 12.0. The van der Waals surface area contributed by atoms with E-state index in [9.17, 15) is 0 Å². The second-order valence-corrected chi connectivity index (χ2v) is 4.53. The summed E-state index contributed by atoms with van der Waals surface area (Å²) in [5, 5.41) is 0. The minimum Gasteiger partial charge on any atom is -0.381 e. The molecule has 0 aromatic carbocycles. The molecule has 1 atom stereocenters. The van der Waals surface area contributed by atoms with Gasteiger partial charge in [-0.15, -0.1) is 0 Å². The average molecular weight is 199 g/mol. The SMILES string of the molecule is CCC(CC)C(N)CC1CCOCC1.